The summed E-state index contributed by atoms with van der Waals surface area (Å²) in [5.74, 6) is 0.125. The summed E-state index contributed by atoms with van der Waals surface area (Å²) in [4.78, 5) is 23.9. The van der Waals surface area contributed by atoms with Gasteiger partial charge in [-0.1, -0.05) is 6.07 Å². The summed E-state index contributed by atoms with van der Waals surface area (Å²) in [6, 6.07) is 9.48. The first-order valence-electron chi connectivity index (χ1n) is 7.76. The second kappa shape index (κ2) is 7.64. The Balaban J connectivity index is 1.50. The van der Waals surface area contributed by atoms with Crippen molar-refractivity contribution in [2.45, 2.75) is 6.54 Å². The van der Waals surface area contributed by atoms with Gasteiger partial charge in [-0.25, -0.2) is 4.79 Å². The lowest BCUT2D eigenvalue weighted by atomic mass is 10.2. The molecule has 0 atom stereocenters. The minimum absolute atomic E-state index is 0.0760. The second-order valence-electron chi connectivity index (χ2n) is 5.42. The molecule has 26 heavy (non-hydrogen) atoms. The zero-order valence-electron chi connectivity index (χ0n) is 14.0. The normalized spacial score (nSPS) is 11.7. The van der Waals surface area contributed by atoms with Gasteiger partial charge in [0.05, 0.1) is 7.11 Å². The molecule has 0 bridgehead atoms. The number of benzene rings is 2. The average molecular weight is 359 g/mol. The Kier molecular flexibility index (Phi) is 5.12. The maximum Gasteiger partial charge on any atom is 0.342 e. The molecule has 0 saturated carbocycles. The van der Waals surface area contributed by atoms with Crippen molar-refractivity contribution >= 4 is 11.9 Å². The lowest BCUT2D eigenvalue weighted by molar-refractivity contribution is -0.124. The molecule has 3 rings (SSSR count). The summed E-state index contributed by atoms with van der Waals surface area (Å²) in [6.07, 6.45) is 0. The van der Waals surface area contributed by atoms with Crippen LogP contribution in [0, 0.1) is 0 Å². The van der Waals surface area contributed by atoms with Crippen LogP contribution < -0.4 is 19.5 Å². The fraction of sp³-hybridized carbons (Fsp3) is 0.222. The van der Waals surface area contributed by atoms with E-state index in [0.717, 1.165) is 5.56 Å². The van der Waals surface area contributed by atoms with Crippen molar-refractivity contribution < 1.29 is 33.6 Å². The van der Waals surface area contributed by atoms with Gasteiger partial charge in [0.15, 0.2) is 18.1 Å². The van der Waals surface area contributed by atoms with Crippen molar-refractivity contribution in [1.29, 1.82) is 0 Å². The topological polar surface area (TPSA) is 103 Å². The minimum atomic E-state index is -0.820. The first kappa shape index (κ1) is 17.4. The van der Waals surface area contributed by atoms with E-state index in [1.807, 2.05) is 0 Å². The van der Waals surface area contributed by atoms with Crippen molar-refractivity contribution in [3.05, 3.63) is 47.5 Å². The number of fused-ring (bicyclic) bond motifs is 1. The van der Waals surface area contributed by atoms with E-state index in [1.54, 1.807) is 18.2 Å². The van der Waals surface area contributed by atoms with Gasteiger partial charge in [-0.3, -0.25) is 4.79 Å². The molecule has 0 aromatic heterocycles. The van der Waals surface area contributed by atoms with Crippen LogP contribution in [0.3, 0.4) is 0 Å². The molecule has 1 aliphatic rings. The van der Waals surface area contributed by atoms with E-state index in [4.69, 9.17) is 18.9 Å². The number of esters is 1. The number of hydrogen-bond acceptors (Lipinski definition) is 7. The number of aromatic hydroxyl groups is 1. The van der Waals surface area contributed by atoms with E-state index >= 15 is 0 Å². The number of carbonyl (C=O) groups excluding carboxylic acids is 2. The highest BCUT2D eigenvalue weighted by Gasteiger charge is 2.16. The predicted octanol–water partition coefficient (Wildman–Crippen LogP) is 1.60. The Morgan fingerprint density at radius 2 is 1.96 bits per heavy atom. The van der Waals surface area contributed by atoms with Gasteiger partial charge in [0, 0.05) is 6.54 Å². The number of phenols is 1. The molecule has 2 aromatic carbocycles. The Morgan fingerprint density at radius 1 is 1.15 bits per heavy atom. The fourth-order valence-corrected chi connectivity index (χ4v) is 2.32. The number of methoxy groups -OCH3 is 1. The smallest absolute Gasteiger partial charge is 0.342 e. The van der Waals surface area contributed by atoms with E-state index in [0.29, 0.717) is 17.2 Å². The molecular weight excluding hydrogens is 342 g/mol. The van der Waals surface area contributed by atoms with Crippen LogP contribution in [0.1, 0.15) is 15.9 Å². The van der Waals surface area contributed by atoms with Crippen LogP contribution in [0.4, 0.5) is 0 Å². The largest absolute Gasteiger partial charge is 0.507 e. The number of hydrogen-bond donors (Lipinski definition) is 2. The number of amides is 1. The Hall–Kier alpha value is -3.42. The third-order valence-electron chi connectivity index (χ3n) is 3.68. The Bertz CT molecular complexity index is 834. The van der Waals surface area contributed by atoms with Crippen LogP contribution in [0.25, 0.3) is 0 Å². The van der Waals surface area contributed by atoms with Gasteiger partial charge in [-0.15, -0.1) is 0 Å². The van der Waals surface area contributed by atoms with Crippen LogP contribution in [0.15, 0.2) is 36.4 Å². The highest BCUT2D eigenvalue weighted by atomic mass is 16.7. The van der Waals surface area contributed by atoms with Gasteiger partial charge in [-0.2, -0.15) is 0 Å². The zero-order chi connectivity index (χ0) is 18.5. The summed E-state index contributed by atoms with van der Waals surface area (Å²) in [5, 5.41) is 12.4. The molecule has 1 amide bonds. The van der Waals surface area contributed by atoms with E-state index in [2.05, 4.69) is 5.32 Å². The van der Waals surface area contributed by atoms with Gasteiger partial charge in [-0.05, 0) is 35.9 Å². The molecule has 0 aliphatic carbocycles. The molecule has 0 unspecified atom stereocenters. The molecule has 0 fully saturated rings. The van der Waals surface area contributed by atoms with Gasteiger partial charge in [0.2, 0.25) is 6.79 Å². The number of carbonyl (C=O) groups is 2. The SMILES string of the molecule is COc1ccc(O)c(C(=O)OCC(=O)NCc2ccc3c(c2)OCO3)c1. The van der Waals surface area contributed by atoms with E-state index in [1.165, 1.54) is 25.3 Å². The average Bonchev–Trinajstić information content (AvgIpc) is 3.12. The van der Waals surface area contributed by atoms with Crippen LogP contribution in [-0.4, -0.2) is 37.5 Å². The van der Waals surface area contributed by atoms with Gasteiger partial charge in [0.1, 0.15) is 17.1 Å². The zero-order valence-corrected chi connectivity index (χ0v) is 14.0. The molecule has 0 radical (unpaired) electrons. The standard InChI is InChI=1S/C18H17NO7/c1-23-12-3-4-14(20)13(7-12)18(22)24-9-17(21)19-8-11-2-5-15-16(6-11)26-10-25-15/h2-7,20H,8-10H2,1H3,(H,19,21). The number of phenolic OH excluding ortho intramolecular Hbond substituents is 1. The van der Waals surface area contributed by atoms with Gasteiger partial charge >= 0.3 is 5.97 Å². The molecule has 136 valence electrons. The third-order valence-corrected chi connectivity index (χ3v) is 3.68. The molecule has 8 heteroatoms. The summed E-state index contributed by atoms with van der Waals surface area (Å²) in [6.45, 7) is -0.0459. The van der Waals surface area contributed by atoms with Gasteiger partial charge in [0.25, 0.3) is 5.91 Å². The lowest BCUT2D eigenvalue weighted by Gasteiger charge is -2.09. The number of ether oxygens (including phenoxy) is 4. The maximum atomic E-state index is 12.0. The van der Waals surface area contributed by atoms with Crippen LogP contribution in [-0.2, 0) is 16.1 Å². The van der Waals surface area contributed by atoms with Crippen LogP contribution in [0.2, 0.25) is 0 Å². The van der Waals surface area contributed by atoms with E-state index in [-0.39, 0.29) is 24.7 Å². The van der Waals surface area contributed by atoms with Crippen LogP contribution in [0.5, 0.6) is 23.0 Å². The maximum absolute atomic E-state index is 12.0. The molecule has 1 heterocycles. The summed E-state index contributed by atoms with van der Waals surface area (Å²) < 4.78 is 20.4. The first-order chi connectivity index (χ1) is 12.6. The molecule has 2 N–H and O–H groups in total. The molecule has 8 nitrogen and oxygen atoms in total. The Morgan fingerprint density at radius 3 is 2.77 bits per heavy atom. The third kappa shape index (κ3) is 3.97. The minimum Gasteiger partial charge on any atom is -0.507 e. The van der Waals surface area contributed by atoms with Crippen molar-refractivity contribution in [2.75, 3.05) is 20.5 Å². The summed E-state index contributed by atoms with van der Waals surface area (Å²) in [7, 11) is 1.44. The number of nitrogens with one attached hydrogen (secondary N) is 1. The van der Waals surface area contributed by atoms with Crippen LogP contribution >= 0.6 is 0 Å². The van der Waals surface area contributed by atoms with E-state index < -0.39 is 18.5 Å². The molecule has 2 aromatic rings. The molecular formula is C18H17NO7. The van der Waals surface area contributed by atoms with Crippen molar-refractivity contribution in [3.8, 4) is 23.0 Å². The molecule has 1 aliphatic heterocycles. The molecule has 0 saturated heterocycles. The van der Waals surface area contributed by atoms with E-state index in [9.17, 15) is 14.7 Å². The summed E-state index contributed by atoms with van der Waals surface area (Å²) in [5.41, 5.74) is 0.743. The van der Waals surface area contributed by atoms with Crippen molar-refractivity contribution in [2.24, 2.45) is 0 Å². The van der Waals surface area contributed by atoms with Crippen molar-refractivity contribution in [3.63, 3.8) is 0 Å². The lowest BCUT2D eigenvalue weighted by Crippen LogP contribution is -2.28. The monoisotopic (exact) mass is 359 g/mol. The number of rotatable bonds is 6. The first-order valence-corrected chi connectivity index (χ1v) is 7.76. The highest BCUT2D eigenvalue weighted by molar-refractivity contribution is 5.94. The highest BCUT2D eigenvalue weighted by Crippen LogP contribution is 2.32. The quantitative estimate of drug-likeness (QED) is 0.755. The predicted molar refractivity (Wildman–Crippen MR) is 89.4 cm³/mol. The Labute approximate surface area is 149 Å². The fourth-order valence-electron chi connectivity index (χ4n) is 2.32. The summed E-state index contributed by atoms with van der Waals surface area (Å²) >= 11 is 0. The molecule has 0 spiro atoms. The van der Waals surface area contributed by atoms with Crippen molar-refractivity contribution in [1.82, 2.24) is 5.32 Å². The second-order valence-corrected chi connectivity index (χ2v) is 5.42. The van der Waals surface area contributed by atoms with Gasteiger partial charge < -0.3 is 29.4 Å².